The normalized spacial score (nSPS) is 17.7. The number of hydrogen-bond donors (Lipinski definition) is 0. The van der Waals surface area contributed by atoms with Crippen molar-refractivity contribution in [2.45, 2.75) is 17.2 Å². The van der Waals surface area contributed by atoms with Crippen LogP contribution in [0.3, 0.4) is 0 Å². The van der Waals surface area contributed by atoms with Gasteiger partial charge < -0.3 is 14.0 Å². The average Bonchev–Trinajstić information content (AvgIpc) is 2.64. The fourth-order valence-electron chi connectivity index (χ4n) is 2.33. The molecule has 5 nitrogen and oxygen atoms in total. The minimum absolute atomic E-state index is 0.0411. The van der Waals surface area contributed by atoms with E-state index in [4.69, 9.17) is 0 Å². The second kappa shape index (κ2) is 3.51. The first kappa shape index (κ1) is 11.7. The third-order valence-corrected chi connectivity index (χ3v) is 4.32. The van der Waals surface area contributed by atoms with Gasteiger partial charge in [0, 0.05) is 6.07 Å². The van der Waals surface area contributed by atoms with Gasteiger partial charge in [-0.3, -0.25) is 9.59 Å². The van der Waals surface area contributed by atoms with E-state index in [0.717, 1.165) is 0 Å². The van der Waals surface area contributed by atoms with Crippen LogP contribution in [-0.4, -0.2) is 17.1 Å². The lowest BCUT2D eigenvalue weighted by molar-refractivity contribution is -0.286. The fourth-order valence-corrected chi connectivity index (χ4v) is 3.25. The molecule has 1 aromatic carbocycles. The van der Waals surface area contributed by atoms with Crippen molar-refractivity contribution in [1.82, 2.24) is 4.57 Å². The number of fused-ring (bicyclic) bond motifs is 4. The number of aldehydes is 1. The molecule has 20 heavy (non-hydrogen) atoms. The van der Waals surface area contributed by atoms with Crippen molar-refractivity contribution in [3.63, 3.8) is 0 Å². The third kappa shape index (κ3) is 1.36. The molecule has 4 rings (SSSR count). The predicted octanol–water partition coefficient (Wildman–Crippen LogP) is 2.20. The van der Waals surface area contributed by atoms with Crippen molar-refractivity contribution >= 4 is 29.0 Å². The quantitative estimate of drug-likeness (QED) is 0.755. The number of hydrogen-bond acceptors (Lipinski definition) is 5. The molecule has 0 unspecified atom stereocenters. The summed E-state index contributed by atoms with van der Waals surface area (Å²) in [5.41, 5.74) is 0.00356. The highest BCUT2D eigenvalue weighted by Gasteiger charge is 2.44. The number of alkyl halides is 2. The number of rotatable bonds is 1. The highest BCUT2D eigenvalue weighted by molar-refractivity contribution is 7.99. The maximum Gasteiger partial charge on any atom is 0.586 e. The maximum absolute atomic E-state index is 13.0. The number of carbonyl (C=O) groups is 1. The summed E-state index contributed by atoms with van der Waals surface area (Å²) in [6, 6.07) is 2.53. The summed E-state index contributed by atoms with van der Waals surface area (Å²) < 4.78 is 36.5. The predicted molar refractivity (Wildman–Crippen MR) is 65.7 cm³/mol. The molecule has 102 valence electrons. The molecule has 0 spiro atoms. The molecular formula is C12H5F2NO4S. The number of nitrogens with zero attached hydrogens (tertiary/aromatic N) is 1. The van der Waals surface area contributed by atoms with Crippen molar-refractivity contribution in [2.75, 3.05) is 0 Å². The topological polar surface area (TPSA) is 57.5 Å². The number of ether oxygens (including phenoxy) is 2. The van der Waals surface area contributed by atoms with Crippen LogP contribution in [0.15, 0.2) is 22.0 Å². The van der Waals surface area contributed by atoms with Gasteiger partial charge in [-0.25, -0.2) is 0 Å². The van der Waals surface area contributed by atoms with Gasteiger partial charge in [0.2, 0.25) is 5.43 Å². The molecule has 0 atom stereocenters. The Morgan fingerprint density at radius 1 is 1.30 bits per heavy atom. The van der Waals surface area contributed by atoms with E-state index >= 15 is 0 Å². The van der Waals surface area contributed by atoms with Crippen LogP contribution in [0, 0.1) is 0 Å². The lowest BCUT2D eigenvalue weighted by Crippen LogP contribution is -2.25. The minimum Gasteiger partial charge on any atom is -0.395 e. The zero-order valence-electron chi connectivity index (χ0n) is 9.68. The second-order valence-electron chi connectivity index (χ2n) is 4.35. The van der Waals surface area contributed by atoms with Crippen molar-refractivity contribution in [3.05, 3.63) is 27.9 Å². The van der Waals surface area contributed by atoms with Gasteiger partial charge in [-0.05, 0) is 6.07 Å². The third-order valence-electron chi connectivity index (χ3n) is 3.22. The largest absolute Gasteiger partial charge is 0.586 e. The van der Waals surface area contributed by atoms with Crippen LogP contribution in [0.25, 0.3) is 10.9 Å². The molecule has 2 aliphatic rings. The first-order valence-corrected chi connectivity index (χ1v) is 6.57. The summed E-state index contributed by atoms with van der Waals surface area (Å²) in [6.45, 7) is 0. The van der Waals surface area contributed by atoms with Gasteiger partial charge >= 0.3 is 6.29 Å². The molecule has 0 radical (unpaired) electrons. The summed E-state index contributed by atoms with van der Waals surface area (Å²) in [6.07, 6.45) is -3.25. The highest BCUT2D eigenvalue weighted by Crippen LogP contribution is 2.44. The maximum atomic E-state index is 13.0. The van der Waals surface area contributed by atoms with Gasteiger partial charge in [0.15, 0.2) is 17.8 Å². The Hall–Kier alpha value is -2.09. The van der Waals surface area contributed by atoms with Gasteiger partial charge in [0.05, 0.1) is 27.4 Å². The Balaban J connectivity index is 2.09. The molecule has 8 heteroatoms. The minimum atomic E-state index is -3.73. The smallest absolute Gasteiger partial charge is 0.395 e. The van der Waals surface area contributed by atoms with Crippen LogP contribution < -0.4 is 14.9 Å². The Bertz CT molecular complexity index is 846. The molecule has 0 N–H and O–H groups in total. The van der Waals surface area contributed by atoms with E-state index in [1.165, 1.54) is 23.9 Å². The lowest BCUT2D eigenvalue weighted by atomic mass is 10.1. The van der Waals surface area contributed by atoms with Crippen LogP contribution in [0.5, 0.6) is 11.5 Å². The summed E-state index contributed by atoms with van der Waals surface area (Å²) in [5, 5.41) is 0.708. The molecule has 2 aliphatic heterocycles. The van der Waals surface area contributed by atoms with Gasteiger partial charge in [0.25, 0.3) is 0 Å². The summed E-state index contributed by atoms with van der Waals surface area (Å²) in [5.74, 6) is 0.222. The van der Waals surface area contributed by atoms with E-state index in [9.17, 15) is 18.4 Å². The van der Waals surface area contributed by atoms with E-state index in [1.807, 2.05) is 0 Å². The van der Waals surface area contributed by atoms with E-state index in [2.05, 4.69) is 9.47 Å². The van der Waals surface area contributed by atoms with Crippen LogP contribution in [0.2, 0.25) is 0 Å². The Morgan fingerprint density at radius 2 is 2.00 bits per heavy atom. The average molecular weight is 297 g/mol. The molecular weight excluding hydrogens is 292 g/mol. The van der Waals surface area contributed by atoms with E-state index in [1.54, 1.807) is 4.57 Å². The zero-order valence-corrected chi connectivity index (χ0v) is 10.5. The molecule has 1 aromatic heterocycles. The number of halogens is 2. The Morgan fingerprint density at radius 3 is 2.60 bits per heavy atom. The van der Waals surface area contributed by atoms with Gasteiger partial charge in [0.1, 0.15) is 0 Å². The summed E-state index contributed by atoms with van der Waals surface area (Å²) in [7, 11) is 0. The van der Waals surface area contributed by atoms with Gasteiger partial charge in [-0.2, -0.15) is 0 Å². The van der Waals surface area contributed by atoms with E-state index in [0.29, 0.717) is 22.7 Å². The monoisotopic (exact) mass is 297 g/mol. The number of aromatic nitrogens is 1. The highest BCUT2D eigenvalue weighted by atomic mass is 32.2. The van der Waals surface area contributed by atoms with Gasteiger partial charge in [-0.15, -0.1) is 8.78 Å². The molecule has 0 saturated carbocycles. The standard InChI is InChI=1S/C12H5F2NO4S/c13-12(14)18-8-1-5-7(2-9(8)19-12)15-4-20-11(15)6(3-16)10(5)17/h1-3H,4H2. The number of thioether (sulfide) groups is 1. The van der Waals surface area contributed by atoms with Crippen molar-refractivity contribution in [3.8, 4) is 11.5 Å². The van der Waals surface area contributed by atoms with Crippen LogP contribution in [-0.2, 0) is 5.88 Å². The van der Waals surface area contributed by atoms with Crippen molar-refractivity contribution < 1.29 is 23.0 Å². The summed E-state index contributed by atoms with van der Waals surface area (Å²) >= 11 is 1.36. The molecule has 2 aromatic rings. The molecule has 3 heterocycles. The summed E-state index contributed by atoms with van der Waals surface area (Å²) in [4.78, 5) is 23.2. The first-order valence-electron chi connectivity index (χ1n) is 5.58. The fraction of sp³-hybridized carbons (Fsp3) is 0.167. The van der Waals surface area contributed by atoms with Crippen LogP contribution in [0.1, 0.15) is 10.4 Å². The van der Waals surface area contributed by atoms with Crippen molar-refractivity contribution in [1.29, 1.82) is 0 Å². The number of pyridine rings is 1. The molecule has 0 bridgehead atoms. The second-order valence-corrected chi connectivity index (χ2v) is 5.28. The SMILES string of the molecule is O=Cc1c2n(c3cc4c(cc3c1=O)OC(F)(F)O4)CS2. The van der Waals surface area contributed by atoms with Crippen LogP contribution >= 0.6 is 11.8 Å². The molecule has 0 amide bonds. The zero-order chi connectivity index (χ0) is 14.1. The lowest BCUT2D eigenvalue weighted by Gasteiger charge is -2.25. The first-order chi connectivity index (χ1) is 9.50. The van der Waals surface area contributed by atoms with Crippen molar-refractivity contribution in [2.24, 2.45) is 0 Å². The van der Waals surface area contributed by atoms with Crippen LogP contribution in [0.4, 0.5) is 8.78 Å². The molecule has 0 saturated heterocycles. The number of carbonyl (C=O) groups excluding carboxylic acids is 1. The Kier molecular flexibility index (Phi) is 2.06. The number of benzene rings is 1. The Labute approximate surface area is 114 Å². The molecule has 0 aliphatic carbocycles. The van der Waals surface area contributed by atoms with E-state index in [-0.39, 0.29) is 22.4 Å². The molecule has 0 fully saturated rings. The van der Waals surface area contributed by atoms with E-state index < -0.39 is 11.7 Å². The van der Waals surface area contributed by atoms with Gasteiger partial charge in [-0.1, -0.05) is 11.8 Å².